The van der Waals surface area contributed by atoms with Crippen LogP contribution in [-0.4, -0.2) is 10.2 Å². The van der Waals surface area contributed by atoms with Crippen LogP contribution in [-0.2, 0) is 0 Å². The van der Waals surface area contributed by atoms with Gasteiger partial charge in [0.2, 0.25) is 5.01 Å². The van der Waals surface area contributed by atoms with Gasteiger partial charge >= 0.3 is 0 Å². The summed E-state index contributed by atoms with van der Waals surface area (Å²) in [6.45, 7) is 0. The topological polar surface area (TPSA) is 49.6 Å². The van der Waals surface area contributed by atoms with Crippen molar-refractivity contribution < 1.29 is 1.37 Å². The molecule has 0 aromatic carbocycles. The molecule has 1 aromatic heterocycles. The van der Waals surface area contributed by atoms with E-state index in [9.17, 15) is 0 Å². The molecule has 0 atom stereocenters. The number of rotatable bonds is 0. The van der Waals surface area contributed by atoms with E-state index in [1.807, 2.05) is 0 Å². The van der Waals surface area contributed by atoms with E-state index in [-0.39, 0.29) is 10.5 Å². The first kappa shape index (κ1) is 3.10. The lowest BCUT2D eigenvalue weighted by molar-refractivity contribution is 1.07. The van der Waals surface area contributed by atoms with E-state index in [0.29, 0.717) is 0 Å². The Hall–Kier alpha value is -0.950. The van der Waals surface area contributed by atoms with Crippen molar-refractivity contribution in [1.29, 1.82) is 5.26 Å². The van der Waals surface area contributed by atoms with Gasteiger partial charge in [0.25, 0.3) is 0 Å². The van der Waals surface area contributed by atoms with Crippen LogP contribution >= 0.6 is 11.3 Å². The van der Waals surface area contributed by atoms with Crippen LogP contribution in [0.1, 0.15) is 6.38 Å². The molecule has 0 fully saturated rings. The molecule has 1 heterocycles. The Morgan fingerprint density at radius 1 is 2.14 bits per heavy atom. The molecule has 0 saturated heterocycles. The average molecular weight is 112 g/mol. The van der Waals surface area contributed by atoms with Gasteiger partial charge in [0.15, 0.2) is 0 Å². The molecule has 0 bridgehead atoms. The van der Waals surface area contributed by atoms with Gasteiger partial charge in [0.05, 0.1) is 1.37 Å². The van der Waals surface area contributed by atoms with Gasteiger partial charge in [-0.25, -0.2) is 0 Å². The number of hydrogen-bond acceptors (Lipinski definition) is 4. The molecule has 3 nitrogen and oxygen atoms in total. The van der Waals surface area contributed by atoms with Gasteiger partial charge in [-0.1, -0.05) is 11.3 Å². The summed E-state index contributed by atoms with van der Waals surface area (Å²) < 4.78 is 6.81. The molecule has 0 unspecified atom stereocenters. The summed E-state index contributed by atoms with van der Waals surface area (Å²) in [6, 6.07) is 1.77. The molecule has 0 spiro atoms. The highest BCUT2D eigenvalue weighted by Crippen LogP contribution is 1.95. The molecule has 34 valence electrons. The van der Waals surface area contributed by atoms with Crippen molar-refractivity contribution in [2.45, 2.75) is 0 Å². The standard InChI is InChI=1S/C3HN3S/c4-1-3-6-5-2-7-3/h2H/i2D. The monoisotopic (exact) mass is 112 g/mol. The van der Waals surface area contributed by atoms with Crippen LogP contribution in [0, 0.1) is 11.3 Å². The van der Waals surface area contributed by atoms with E-state index in [2.05, 4.69) is 10.2 Å². The normalized spacial score (nSPS) is 9.86. The van der Waals surface area contributed by atoms with Crippen molar-refractivity contribution in [3.05, 3.63) is 10.5 Å². The Balaban J connectivity index is 3.05. The van der Waals surface area contributed by atoms with Crippen LogP contribution in [0.5, 0.6) is 0 Å². The van der Waals surface area contributed by atoms with E-state index in [1.165, 1.54) is 0 Å². The Morgan fingerprint density at radius 3 is 3.29 bits per heavy atom. The van der Waals surface area contributed by atoms with Gasteiger partial charge in [-0.05, 0) is 0 Å². The zero-order valence-corrected chi connectivity index (χ0v) is 4.07. The first-order valence-corrected chi connectivity index (χ1v) is 2.35. The predicted octanol–water partition coefficient (Wildman–Crippen LogP) is 0.410. The Morgan fingerprint density at radius 2 is 3.00 bits per heavy atom. The second-order valence-electron chi connectivity index (χ2n) is 0.810. The third-order valence-corrected chi connectivity index (χ3v) is 0.959. The minimum absolute atomic E-state index is 0.0848. The molecule has 0 aliphatic heterocycles. The predicted molar refractivity (Wildman–Crippen MR) is 24.6 cm³/mol. The Labute approximate surface area is 45.6 Å². The van der Waals surface area contributed by atoms with Crippen LogP contribution in [0.15, 0.2) is 5.49 Å². The molecule has 1 aromatic rings. The third kappa shape index (κ3) is 0.725. The second-order valence-corrected chi connectivity index (χ2v) is 1.58. The summed E-state index contributed by atoms with van der Waals surface area (Å²) in [7, 11) is 0. The second kappa shape index (κ2) is 1.67. The van der Waals surface area contributed by atoms with Gasteiger partial charge < -0.3 is 0 Å². The molecule has 0 radical (unpaired) electrons. The van der Waals surface area contributed by atoms with Gasteiger partial charge in [-0.15, -0.1) is 10.2 Å². The van der Waals surface area contributed by atoms with Gasteiger partial charge in [-0.2, -0.15) is 5.26 Å². The first-order chi connectivity index (χ1) is 3.83. The highest BCUT2D eigenvalue weighted by atomic mass is 32.1. The fraction of sp³-hybridized carbons (Fsp3) is 0. The van der Waals surface area contributed by atoms with Crippen LogP contribution in [0.4, 0.5) is 0 Å². The number of nitriles is 1. The summed E-state index contributed by atoms with van der Waals surface area (Å²) >= 11 is 0.971. The van der Waals surface area contributed by atoms with Crippen LogP contribution < -0.4 is 0 Å². The van der Waals surface area contributed by atoms with Crippen molar-refractivity contribution in [3.8, 4) is 6.07 Å². The quantitative estimate of drug-likeness (QED) is 0.488. The minimum Gasteiger partial charge on any atom is -0.190 e. The van der Waals surface area contributed by atoms with Crippen molar-refractivity contribution in [3.63, 3.8) is 0 Å². The number of aromatic nitrogens is 2. The lowest BCUT2D eigenvalue weighted by Gasteiger charge is -1.58. The maximum absolute atomic E-state index is 8.13. The minimum atomic E-state index is 0.0848. The molecule has 4 heteroatoms. The maximum atomic E-state index is 8.13. The van der Waals surface area contributed by atoms with Crippen molar-refractivity contribution in [2.75, 3.05) is 0 Å². The number of nitrogens with zero attached hydrogens (tertiary/aromatic N) is 3. The fourth-order valence-corrected chi connectivity index (χ4v) is 0.490. The van der Waals surface area contributed by atoms with Crippen LogP contribution in [0.2, 0.25) is 0 Å². The smallest absolute Gasteiger partial charge is 0.190 e. The SMILES string of the molecule is [2H]c1nnc(C#N)s1. The Kier molecular flexibility index (Phi) is 0.739. The molecule has 7 heavy (non-hydrogen) atoms. The number of hydrogen-bond donors (Lipinski definition) is 0. The Bertz CT molecular complexity index is 225. The maximum Gasteiger partial charge on any atom is 0.217 e. The summed E-state index contributed by atoms with van der Waals surface area (Å²) in [5.41, 5.74) is 0.0848. The van der Waals surface area contributed by atoms with E-state index < -0.39 is 0 Å². The van der Waals surface area contributed by atoms with Gasteiger partial charge in [0, 0.05) is 0 Å². The van der Waals surface area contributed by atoms with Crippen LogP contribution in [0.25, 0.3) is 0 Å². The van der Waals surface area contributed by atoms with E-state index in [4.69, 9.17) is 6.63 Å². The summed E-state index contributed by atoms with van der Waals surface area (Å²) in [5.74, 6) is 0. The van der Waals surface area contributed by atoms with Gasteiger partial charge in [-0.3, -0.25) is 0 Å². The summed E-state index contributed by atoms with van der Waals surface area (Å²) in [4.78, 5) is 0. The molecule has 0 saturated carbocycles. The lowest BCUT2D eigenvalue weighted by Crippen LogP contribution is -1.67. The summed E-state index contributed by atoms with van der Waals surface area (Å²) in [6.07, 6.45) is 0. The van der Waals surface area contributed by atoms with Crippen molar-refractivity contribution >= 4 is 11.3 Å². The highest BCUT2D eigenvalue weighted by Gasteiger charge is 1.86. The molecule has 0 aliphatic carbocycles. The lowest BCUT2D eigenvalue weighted by atomic mass is 10.8. The molecule has 1 rings (SSSR count). The van der Waals surface area contributed by atoms with Crippen LogP contribution in [0.3, 0.4) is 0 Å². The molecule has 0 aliphatic rings. The molecule has 0 N–H and O–H groups in total. The fourth-order valence-electron chi connectivity index (χ4n) is 0.195. The first-order valence-electron chi connectivity index (χ1n) is 2.03. The average Bonchev–Trinajstić information content (AvgIpc) is 2.14. The van der Waals surface area contributed by atoms with E-state index in [0.717, 1.165) is 11.3 Å². The molecule has 0 amide bonds. The molecular weight excluding hydrogens is 110 g/mol. The third-order valence-electron chi connectivity index (χ3n) is 0.420. The van der Waals surface area contributed by atoms with E-state index in [1.54, 1.807) is 6.07 Å². The van der Waals surface area contributed by atoms with Crippen molar-refractivity contribution in [2.24, 2.45) is 0 Å². The van der Waals surface area contributed by atoms with Gasteiger partial charge in [0.1, 0.15) is 11.6 Å². The zero-order valence-electron chi connectivity index (χ0n) is 4.25. The highest BCUT2D eigenvalue weighted by molar-refractivity contribution is 7.09. The molecular formula is C3HN3S. The zero-order chi connectivity index (χ0) is 5.98. The van der Waals surface area contributed by atoms with E-state index >= 15 is 0 Å². The largest absolute Gasteiger partial charge is 0.217 e. The van der Waals surface area contributed by atoms with Crippen molar-refractivity contribution in [1.82, 2.24) is 10.2 Å². The summed E-state index contributed by atoms with van der Waals surface area (Å²) in [5, 5.41) is 15.0.